The van der Waals surface area contributed by atoms with Gasteiger partial charge in [0.15, 0.2) is 0 Å². The summed E-state index contributed by atoms with van der Waals surface area (Å²) in [6.07, 6.45) is 4.80. The highest BCUT2D eigenvalue weighted by atomic mass is 16.5. The van der Waals surface area contributed by atoms with Crippen LogP contribution in [0.15, 0.2) is 0 Å². The molecule has 1 fully saturated rings. The van der Waals surface area contributed by atoms with Gasteiger partial charge in [0.05, 0.1) is 0 Å². The van der Waals surface area contributed by atoms with Gasteiger partial charge in [0.2, 0.25) is 5.91 Å². The van der Waals surface area contributed by atoms with Crippen LogP contribution in [0.1, 0.15) is 39.5 Å². The maximum absolute atomic E-state index is 11.9. The van der Waals surface area contributed by atoms with Crippen LogP contribution in [0.4, 0.5) is 0 Å². The summed E-state index contributed by atoms with van der Waals surface area (Å²) >= 11 is 0. The lowest BCUT2D eigenvalue weighted by atomic mass is 9.66. The van der Waals surface area contributed by atoms with Crippen LogP contribution in [0.25, 0.3) is 0 Å². The van der Waals surface area contributed by atoms with Gasteiger partial charge in [0, 0.05) is 32.2 Å². The van der Waals surface area contributed by atoms with E-state index in [-0.39, 0.29) is 11.8 Å². The SMILES string of the molecule is CCOCCC1(CNC(=O)C(C)CNC)CCC1. The first kappa shape index (κ1) is 15.4. The minimum Gasteiger partial charge on any atom is -0.382 e. The molecule has 0 heterocycles. The second kappa shape index (κ2) is 7.74. The number of rotatable bonds is 9. The van der Waals surface area contributed by atoms with Gasteiger partial charge in [-0.3, -0.25) is 4.79 Å². The van der Waals surface area contributed by atoms with Crippen molar-refractivity contribution in [2.24, 2.45) is 11.3 Å². The minimum absolute atomic E-state index is 0.0408. The van der Waals surface area contributed by atoms with E-state index in [9.17, 15) is 4.79 Å². The van der Waals surface area contributed by atoms with Gasteiger partial charge in [0.1, 0.15) is 0 Å². The van der Waals surface area contributed by atoms with Crippen LogP contribution in [0.5, 0.6) is 0 Å². The third kappa shape index (κ3) is 4.58. The van der Waals surface area contributed by atoms with E-state index < -0.39 is 0 Å². The Morgan fingerprint density at radius 2 is 2.17 bits per heavy atom. The average molecular weight is 256 g/mol. The van der Waals surface area contributed by atoms with Crippen molar-refractivity contribution >= 4 is 5.91 Å². The van der Waals surface area contributed by atoms with E-state index in [2.05, 4.69) is 10.6 Å². The lowest BCUT2D eigenvalue weighted by molar-refractivity contribution is -0.125. The molecule has 1 amide bonds. The average Bonchev–Trinajstić information content (AvgIpc) is 2.31. The Balaban J connectivity index is 2.28. The molecule has 0 aromatic heterocycles. The van der Waals surface area contributed by atoms with Gasteiger partial charge in [-0.2, -0.15) is 0 Å². The molecule has 0 aromatic carbocycles. The molecule has 1 aliphatic carbocycles. The fourth-order valence-electron chi connectivity index (χ4n) is 2.47. The summed E-state index contributed by atoms with van der Waals surface area (Å²) in [5.74, 6) is 0.200. The Morgan fingerprint density at radius 3 is 2.67 bits per heavy atom. The third-order valence-corrected chi connectivity index (χ3v) is 3.99. The molecule has 0 radical (unpaired) electrons. The fourth-order valence-corrected chi connectivity index (χ4v) is 2.47. The highest BCUT2D eigenvalue weighted by molar-refractivity contribution is 5.78. The maximum atomic E-state index is 11.9. The first-order chi connectivity index (χ1) is 8.63. The van der Waals surface area contributed by atoms with Crippen molar-refractivity contribution in [3.05, 3.63) is 0 Å². The minimum atomic E-state index is 0.0408. The monoisotopic (exact) mass is 256 g/mol. The number of carbonyl (C=O) groups is 1. The highest BCUT2D eigenvalue weighted by Crippen LogP contribution is 2.43. The number of amides is 1. The van der Waals surface area contributed by atoms with E-state index in [1.165, 1.54) is 19.3 Å². The zero-order chi connectivity index (χ0) is 13.4. The quantitative estimate of drug-likeness (QED) is 0.616. The van der Waals surface area contributed by atoms with E-state index in [0.717, 1.165) is 32.7 Å². The molecule has 4 heteroatoms. The lowest BCUT2D eigenvalue weighted by Crippen LogP contribution is -2.45. The highest BCUT2D eigenvalue weighted by Gasteiger charge is 2.36. The molecule has 1 rings (SSSR count). The summed E-state index contributed by atoms with van der Waals surface area (Å²) in [6.45, 7) is 7.12. The van der Waals surface area contributed by atoms with E-state index in [1.807, 2.05) is 20.9 Å². The van der Waals surface area contributed by atoms with E-state index >= 15 is 0 Å². The van der Waals surface area contributed by atoms with Crippen molar-refractivity contribution < 1.29 is 9.53 Å². The van der Waals surface area contributed by atoms with Crippen LogP contribution in [-0.2, 0) is 9.53 Å². The van der Waals surface area contributed by atoms with Crippen LogP contribution in [0.3, 0.4) is 0 Å². The van der Waals surface area contributed by atoms with Crippen molar-refractivity contribution in [3.8, 4) is 0 Å². The molecule has 1 atom stereocenters. The Morgan fingerprint density at radius 1 is 1.44 bits per heavy atom. The van der Waals surface area contributed by atoms with Gasteiger partial charge >= 0.3 is 0 Å². The smallest absolute Gasteiger partial charge is 0.224 e. The van der Waals surface area contributed by atoms with Gasteiger partial charge in [0.25, 0.3) is 0 Å². The summed E-state index contributed by atoms with van der Waals surface area (Å²) in [5.41, 5.74) is 0.310. The van der Waals surface area contributed by atoms with E-state index in [4.69, 9.17) is 4.74 Å². The number of hydrogen-bond acceptors (Lipinski definition) is 3. The van der Waals surface area contributed by atoms with Crippen molar-refractivity contribution in [1.29, 1.82) is 0 Å². The molecule has 0 aliphatic heterocycles. The maximum Gasteiger partial charge on any atom is 0.224 e. The summed E-state index contributed by atoms with van der Waals surface area (Å²) in [6, 6.07) is 0. The zero-order valence-electron chi connectivity index (χ0n) is 12.1. The normalized spacial score (nSPS) is 19.1. The fraction of sp³-hybridized carbons (Fsp3) is 0.929. The predicted molar refractivity (Wildman–Crippen MR) is 73.5 cm³/mol. The summed E-state index contributed by atoms with van der Waals surface area (Å²) in [5, 5.41) is 6.14. The largest absolute Gasteiger partial charge is 0.382 e. The topological polar surface area (TPSA) is 50.4 Å². The number of hydrogen-bond donors (Lipinski definition) is 2. The van der Waals surface area contributed by atoms with Crippen LogP contribution in [-0.4, -0.2) is 39.3 Å². The molecule has 0 bridgehead atoms. The third-order valence-electron chi connectivity index (χ3n) is 3.99. The second-order valence-electron chi connectivity index (χ2n) is 5.48. The molecule has 1 aliphatic rings. The van der Waals surface area contributed by atoms with Crippen LogP contribution in [0, 0.1) is 11.3 Å². The van der Waals surface area contributed by atoms with Crippen molar-refractivity contribution in [2.75, 3.05) is 33.4 Å². The van der Waals surface area contributed by atoms with Crippen LogP contribution >= 0.6 is 0 Å². The van der Waals surface area contributed by atoms with E-state index in [0.29, 0.717) is 5.41 Å². The Kier molecular flexibility index (Phi) is 6.65. The van der Waals surface area contributed by atoms with Gasteiger partial charge < -0.3 is 15.4 Å². The number of carbonyl (C=O) groups excluding carboxylic acids is 1. The van der Waals surface area contributed by atoms with Gasteiger partial charge in [-0.1, -0.05) is 13.3 Å². The van der Waals surface area contributed by atoms with Crippen molar-refractivity contribution in [1.82, 2.24) is 10.6 Å². The summed E-state index contributed by atoms with van der Waals surface area (Å²) in [7, 11) is 1.87. The molecule has 106 valence electrons. The standard InChI is InChI=1S/C14H28N2O2/c1-4-18-9-8-14(6-5-7-14)11-16-13(17)12(2)10-15-3/h12,15H,4-11H2,1-3H3,(H,16,17). The van der Waals surface area contributed by atoms with E-state index in [1.54, 1.807) is 0 Å². The summed E-state index contributed by atoms with van der Waals surface area (Å²) in [4.78, 5) is 11.9. The Bertz CT molecular complexity index is 252. The summed E-state index contributed by atoms with van der Waals surface area (Å²) < 4.78 is 5.44. The molecular formula is C14H28N2O2. The molecule has 18 heavy (non-hydrogen) atoms. The zero-order valence-corrected chi connectivity index (χ0v) is 12.1. The van der Waals surface area contributed by atoms with Crippen molar-refractivity contribution in [3.63, 3.8) is 0 Å². The van der Waals surface area contributed by atoms with Crippen molar-refractivity contribution in [2.45, 2.75) is 39.5 Å². The number of nitrogens with one attached hydrogen (secondary N) is 2. The molecule has 0 saturated heterocycles. The predicted octanol–water partition coefficient (Wildman–Crippen LogP) is 1.55. The van der Waals surface area contributed by atoms with Crippen LogP contribution in [0.2, 0.25) is 0 Å². The van der Waals surface area contributed by atoms with Gasteiger partial charge in [-0.05, 0) is 38.6 Å². The molecule has 0 aromatic rings. The van der Waals surface area contributed by atoms with Gasteiger partial charge in [-0.25, -0.2) is 0 Å². The molecule has 4 nitrogen and oxygen atoms in total. The lowest BCUT2D eigenvalue weighted by Gasteiger charge is -2.42. The van der Waals surface area contributed by atoms with Gasteiger partial charge in [-0.15, -0.1) is 0 Å². The molecular weight excluding hydrogens is 228 g/mol. The Hall–Kier alpha value is -0.610. The molecule has 1 unspecified atom stereocenters. The Labute approximate surface area is 111 Å². The molecule has 1 saturated carbocycles. The first-order valence-electron chi connectivity index (χ1n) is 7.13. The first-order valence-corrected chi connectivity index (χ1v) is 7.13. The molecule has 2 N–H and O–H groups in total. The molecule has 0 spiro atoms. The second-order valence-corrected chi connectivity index (χ2v) is 5.48. The number of ether oxygens (including phenoxy) is 1. The van der Waals surface area contributed by atoms with Crippen LogP contribution < -0.4 is 10.6 Å².